The average molecular weight is 303 g/mol. The summed E-state index contributed by atoms with van der Waals surface area (Å²) in [6.07, 6.45) is 2.09. The van der Waals surface area contributed by atoms with Crippen LogP contribution in [-0.4, -0.2) is 30.8 Å². The fourth-order valence-corrected chi connectivity index (χ4v) is 3.02. The lowest BCUT2D eigenvalue weighted by Gasteiger charge is -2.33. The number of nitrogens with zero attached hydrogens (tertiary/aromatic N) is 4. The first kappa shape index (κ1) is 14.1. The maximum absolute atomic E-state index is 9.58. The molecular weight excluding hydrogens is 288 g/mol. The van der Waals surface area contributed by atoms with Gasteiger partial charge in [-0.2, -0.15) is 10.5 Å². The van der Waals surface area contributed by atoms with Crippen LogP contribution in [0.1, 0.15) is 42.4 Å². The minimum Gasteiger partial charge on any atom is -0.375 e. The van der Waals surface area contributed by atoms with Crippen LogP contribution in [0.2, 0.25) is 5.15 Å². The van der Waals surface area contributed by atoms with Crippen LogP contribution in [0.3, 0.4) is 0 Å². The molecule has 0 radical (unpaired) electrons. The summed E-state index contributed by atoms with van der Waals surface area (Å²) in [4.78, 5) is 6.37. The Labute approximate surface area is 128 Å². The molecule has 0 amide bonds. The van der Waals surface area contributed by atoms with E-state index >= 15 is 0 Å². The Morgan fingerprint density at radius 2 is 2.00 bits per heavy atom. The van der Waals surface area contributed by atoms with E-state index in [0.29, 0.717) is 36.6 Å². The first-order chi connectivity index (χ1) is 10.2. The highest BCUT2D eigenvalue weighted by Crippen LogP contribution is 2.46. The van der Waals surface area contributed by atoms with E-state index in [0.717, 1.165) is 18.4 Å². The second-order valence-corrected chi connectivity index (χ2v) is 5.87. The average Bonchev–Trinajstić information content (AvgIpc) is 3.30. The Morgan fingerprint density at radius 3 is 2.57 bits per heavy atom. The molecule has 0 bridgehead atoms. The monoisotopic (exact) mass is 302 g/mol. The van der Waals surface area contributed by atoms with Crippen molar-refractivity contribution in [2.75, 3.05) is 24.6 Å². The van der Waals surface area contributed by atoms with Crippen molar-refractivity contribution in [1.82, 2.24) is 4.98 Å². The molecule has 1 aliphatic carbocycles. The smallest absolute Gasteiger partial charge is 0.149 e. The van der Waals surface area contributed by atoms with Crippen LogP contribution in [0.5, 0.6) is 0 Å². The molecule has 108 valence electrons. The summed E-state index contributed by atoms with van der Waals surface area (Å²) in [5.74, 6) is 0.866. The standard InChI is InChI=1S/C15H15ClN4O/c1-9-8-20(4-5-21-9)15-12(7-18)13(10-2-3-10)11(6-17)14(16)19-15/h9-10H,2-5,8H2,1H3. The fraction of sp³-hybridized carbons (Fsp3) is 0.533. The number of hydrogen-bond acceptors (Lipinski definition) is 5. The second-order valence-electron chi connectivity index (χ2n) is 5.52. The van der Waals surface area contributed by atoms with Crippen molar-refractivity contribution in [1.29, 1.82) is 10.5 Å². The lowest BCUT2D eigenvalue weighted by molar-refractivity contribution is 0.0529. The number of aromatic nitrogens is 1. The van der Waals surface area contributed by atoms with E-state index in [1.807, 2.05) is 11.8 Å². The van der Waals surface area contributed by atoms with Crippen molar-refractivity contribution < 1.29 is 4.74 Å². The first-order valence-electron chi connectivity index (χ1n) is 7.05. The van der Waals surface area contributed by atoms with Gasteiger partial charge in [-0.1, -0.05) is 11.6 Å². The summed E-state index contributed by atoms with van der Waals surface area (Å²) in [7, 11) is 0. The summed E-state index contributed by atoms with van der Waals surface area (Å²) in [5, 5.41) is 19.1. The summed E-state index contributed by atoms with van der Waals surface area (Å²) >= 11 is 6.19. The summed E-state index contributed by atoms with van der Waals surface area (Å²) in [6, 6.07) is 4.35. The number of nitriles is 2. The van der Waals surface area contributed by atoms with Crippen LogP contribution in [0.4, 0.5) is 5.82 Å². The molecule has 0 aromatic carbocycles. The zero-order valence-electron chi connectivity index (χ0n) is 11.8. The Kier molecular flexibility index (Phi) is 3.71. The van der Waals surface area contributed by atoms with E-state index in [-0.39, 0.29) is 17.2 Å². The summed E-state index contributed by atoms with van der Waals surface area (Å²) in [6.45, 7) is 3.95. The number of morpholine rings is 1. The molecule has 1 aromatic rings. The Balaban J connectivity index is 2.13. The van der Waals surface area contributed by atoms with E-state index in [4.69, 9.17) is 16.3 Å². The molecule has 21 heavy (non-hydrogen) atoms. The lowest BCUT2D eigenvalue weighted by Crippen LogP contribution is -2.42. The van der Waals surface area contributed by atoms with Gasteiger partial charge < -0.3 is 9.64 Å². The van der Waals surface area contributed by atoms with E-state index in [9.17, 15) is 10.5 Å². The van der Waals surface area contributed by atoms with Crippen LogP contribution in [0.25, 0.3) is 0 Å². The highest BCUT2D eigenvalue weighted by molar-refractivity contribution is 6.30. The van der Waals surface area contributed by atoms with E-state index < -0.39 is 0 Å². The van der Waals surface area contributed by atoms with Gasteiger partial charge in [0.25, 0.3) is 0 Å². The Hall–Kier alpha value is -1.82. The maximum atomic E-state index is 9.58. The number of hydrogen-bond donors (Lipinski definition) is 0. The molecule has 1 aromatic heterocycles. The van der Waals surface area contributed by atoms with Crippen molar-refractivity contribution in [2.24, 2.45) is 0 Å². The molecule has 0 N–H and O–H groups in total. The van der Waals surface area contributed by atoms with Crippen LogP contribution in [-0.2, 0) is 4.74 Å². The molecule has 0 spiro atoms. The van der Waals surface area contributed by atoms with Gasteiger partial charge in [0, 0.05) is 13.1 Å². The van der Waals surface area contributed by atoms with Gasteiger partial charge in [-0.05, 0) is 31.2 Å². The highest BCUT2D eigenvalue weighted by atomic mass is 35.5. The molecule has 1 saturated carbocycles. The Morgan fingerprint density at radius 1 is 1.29 bits per heavy atom. The van der Waals surface area contributed by atoms with Crippen molar-refractivity contribution >= 4 is 17.4 Å². The third-order valence-electron chi connectivity index (χ3n) is 3.92. The van der Waals surface area contributed by atoms with E-state index in [1.165, 1.54) is 0 Å². The molecule has 2 heterocycles. The number of anilines is 1. The molecule has 2 fully saturated rings. The van der Waals surface area contributed by atoms with Crippen LogP contribution in [0, 0.1) is 22.7 Å². The molecule has 6 heteroatoms. The van der Waals surface area contributed by atoms with Gasteiger partial charge in [0.1, 0.15) is 23.1 Å². The molecule has 5 nitrogen and oxygen atoms in total. The molecule has 1 aliphatic heterocycles. The molecule has 1 saturated heterocycles. The summed E-state index contributed by atoms with van der Waals surface area (Å²) < 4.78 is 5.53. The minimum atomic E-state index is 0.0888. The number of halogens is 1. The second kappa shape index (κ2) is 5.52. The molecule has 1 unspecified atom stereocenters. The molecule has 3 rings (SSSR count). The normalized spacial score (nSPS) is 21.7. The highest BCUT2D eigenvalue weighted by Gasteiger charge is 2.34. The number of rotatable bonds is 2. The fourth-order valence-electron chi connectivity index (χ4n) is 2.80. The third-order valence-corrected chi connectivity index (χ3v) is 4.20. The van der Waals surface area contributed by atoms with Gasteiger partial charge in [0.15, 0.2) is 0 Å². The van der Waals surface area contributed by atoms with Crippen molar-refractivity contribution in [3.63, 3.8) is 0 Å². The van der Waals surface area contributed by atoms with Gasteiger partial charge in [-0.3, -0.25) is 0 Å². The molecular formula is C15H15ClN4O. The van der Waals surface area contributed by atoms with Gasteiger partial charge in [0.05, 0.1) is 23.8 Å². The van der Waals surface area contributed by atoms with Gasteiger partial charge in [-0.15, -0.1) is 0 Å². The maximum Gasteiger partial charge on any atom is 0.149 e. The van der Waals surface area contributed by atoms with Crippen molar-refractivity contribution in [2.45, 2.75) is 31.8 Å². The van der Waals surface area contributed by atoms with E-state index in [1.54, 1.807) is 0 Å². The number of ether oxygens (including phenoxy) is 1. The van der Waals surface area contributed by atoms with Crippen molar-refractivity contribution in [3.8, 4) is 12.1 Å². The quantitative estimate of drug-likeness (QED) is 0.785. The largest absolute Gasteiger partial charge is 0.375 e. The predicted molar refractivity (Wildman–Crippen MR) is 78.3 cm³/mol. The minimum absolute atomic E-state index is 0.0888. The SMILES string of the molecule is CC1CN(c2nc(Cl)c(C#N)c(C3CC3)c2C#N)CCO1. The van der Waals surface area contributed by atoms with Gasteiger partial charge >= 0.3 is 0 Å². The van der Waals surface area contributed by atoms with Crippen LogP contribution in [0.15, 0.2) is 0 Å². The zero-order chi connectivity index (χ0) is 15.0. The molecule has 2 aliphatic rings. The zero-order valence-corrected chi connectivity index (χ0v) is 12.5. The first-order valence-corrected chi connectivity index (χ1v) is 7.43. The predicted octanol–water partition coefficient (Wildman–Crippen LogP) is 2.58. The topological polar surface area (TPSA) is 72.9 Å². The molecule has 1 atom stereocenters. The Bertz CT molecular complexity index is 657. The van der Waals surface area contributed by atoms with Crippen LogP contribution >= 0.6 is 11.6 Å². The van der Waals surface area contributed by atoms with E-state index in [2.05, 4.69) is 17.1 Å². The third kappa shape index (κ3) is 2.55. The van der Waals surface area contributed by atoms with Gasteiger partial charge in [0.2, 0.25) is 0 Å². The number of pyridine rings is 1. The lowest BCUT2D eigenvalue weighted by atomic mass is 9.99. The van der Waals surface area contributed by atoms with Gasteiger partial charge in [-0.25, -0.2) is 4.98 Å². The van der Waals surface area contributed by atoms with Crippen molar-refractivity contribution in [3.05, 3.63) is 21.8 Å². The summed E-state index contributed by atoms with van der Waals surface area (Å²) in [5.41, 5.74) is 1.66. The van der Waals surface area contributed by atoms with Crippen LogP contribution < -0.4 is 4.90 Å².